The molecule has 3 amide bonds. The van der Waals surface area contributed by atoms with Crippen molar-refractivity contribution in [2.75, 3.05) is 18.8 Å². The molecule has 6 heteroatoms. The first-order valence-electron chi connectivity index (χ1n) is 5.17. The van der Waals surface area contributed by atoms with Crippen molar-refractivity contribution in [1.29, 1.82) is 0 Å². The van der Waals surface area contributed by atoms with Crippen LogP contribution in [-0.2, 0) is 4.79 Å². The number of rotatable bonds is 4. The molecular formula is C11H12N2O3S. The van der Waals surface area contributed by atoms with Crippen LogP contribution in [0.15, 0.2) is 29.2 Å². The second kappa shape index (κ2) is 5.09. The number of phenolic OH excluding ortho intramolecular Hbond substituents is 1. The van der Waals surface area contributed by atoms with Gasteiger partial charge < -0.3 is 10.4 Å². The Labute approximate surface area is 103 Å². The van der Waals surface area contributed by atoms with Crippen molar-refractivity contribution in [3.05, 3.63) is 24.3 Å². The Kier molecular flexibility index (Phi) is 3.53. The van der Waals surface area contributed by atoms with E-state index in [1.165, 1.54) is 16.7 Å². The second-order valence-electron chi connectivity index (χ2n) is 3.55. The van der Waals surface area contributed by atoms with Gasteiger partial charge >= 0.3 is 6.03 Å². The van der Waals surface area contributed by atoms with E-state index in [9.17, 15) is 14.7 Å². The summed E-state index contributed by atoms with van der Waals surface area (Å²) in [4.78, 5) is 24.6. The zero-order valence-corrected chi connectivity index (χ0v) is 9.87. The molecule has 1 aliphatic rings. The number of phenols is 1. The van der Waals surface area contributed by atoms with E-state index in [1.807, 2.05) is 6.07 Å². The van der Waals surface area contributed by atoms with Gasteiger partial charge in [0.2, 0.25) is 5.91 Å². The van der Waals surface area contributed by atoms with Crippen molar-refractivity contribution in [2.24, 2.45) is 0 Å². The van der Waals surface area contributed by atoms with Gasteiger partial charge in [-0.25, -0.2) is 4.79 Å². The van der Waals surface area contributed by atoms with E-state index in [0.29, 0.717) is 12.3 Å². The fourth-order valence-electron chi connectivity index (χ4n) is 1.51. The SMILES string of the molecule is O=C1CNC(=O)N1CCSc1cccc(O)c1. The van der Waals surface area contributed by atoms with Crippen LogP contribution in [0.3, 0.4) is 0 Å². The molecule has 0 aliphatic carbocycles. The smallest absolute Gasteiger partial charge is 0.324 e. The Bertz CT molecular complexity index is 434. The molecule has 0 atom stereocenters. The van der Waals surface area contributed by atoms with Crippen LogP contribution in [0.5, 0.6) is 5.75 Å². The fraction of sp³-hybridized carbons (Fsp3) is 0.273. The van der Waals surface area contributed by atoms with Gasteiger partial charge in [0.15, 0.2) is 0 Å². The number of hydrogen-bond donors (Lipinski definition) is 2. The number of urea groups is 1. The van der Waals surface area contributed by atoms with Crippen LogP contribution in [0.25, 0.3) is 0 Å². The van der Waals surface area contributed by atoms with Gasteiger partial charge in [0, 0.05) is 17.2 Å². The lowest BCUT2D eigenvalue weighted by Gasteiger charge is -2.11. The molecule has 5 nitrogen and oxygen atoms in total. The molecule has 1 heterocycles. The Hall–Kier alpha value is -1.69. The normalized spacial score (nSPS) is 15.2. The first kappa shape index (κ1) is 11.8. The van der Waals surface area contributed by atoms with Crippen LogP contribution in [0, 0.1) is 0 Å². The first-order valence-corrected chi connectivity index (χ1v) is 6.15. The van der Waals surface area contributed by atoms with Crippen molar-refractivity contribution < 1.29 is 14.7 Å². The zero-order valence-electron chi connectivity index (χ0n) is 9.05. The summed E-state index contributed by atoms with van der Waals surface area (Å²) >= 11 is 1.49. The summed E-state index contributed by atoms with van der Waals surface area (Å²) in [6.07, 6.45) is 0. The van der Waals surface area contributed by atoms with Gasteiger partial charge in [-0.3, -0.25) is 9.69 Å². The summed E-state index contributed by atoms with van der Waals surface area (Å²) in [5.74, 6) is 0.638. The first-order chi connectivity index (χ1) is 8.16. The highest BCUT2D eigenvalue weighted by Crippen LogP contribution is 2.22. The molecule has 0 spiro atoms. The lowest BCUT2D eigenvalue weighted by Crippen LogP contribution is -2.32. The van der Waals surface area contributed by atoms with Crippen LogP contribution >= 0.6 is 11.8 Å². The topological polar surface area (TPSA) is 69.6 Å². The van der Waals surface area contributed by atoms with E-state index in [4.69, 9.17) is 0 Å². The lowest BCUT2D eigenvalue weighted by atomic mass is 10.3. The predicted molar refractivity (Wildman–Crippen MR) is 63.9 cm³/mol. The van der Waals surface area contributed by atoms with E-state index in [2.05, 4.69) is 5.32 Å². The Morgan fingerprint density at radius 2 is 2.24 bits per heavy atom. The van der Waals surface area contributed by atoms with Gasteiger partial charge in [-0.1, -0.05) is 6.07 Å². The summed E-state index contributed by atoms with van der Waals surface area (Å²) in [5.41, 5.74) is 0. The molecule has 1 fully saturated rings. The van der Waals surface area contributed by atoms with Gasteiger partial charge in [-0.2, -0.15) is 0 Å². The number of carbonyl (C=O) groups excluding carboxylic acids is 2. The summed E-state index contributed by atoms with van der Waals surface area (Å²) in [6.45, 7) is 0.473. The lowest BCUT2D eigenvalue weighted by molar-refractivity contribution is -0.124. The van der Waals surface area contributed by atoms with Gasteiger partial charge in [-0.15, -0.1) is 11.8 Å². The van der Waals surface area contributed by atoms with Crippen LogP contribution < -0.4 is 5.32 Å². The molecule has 1 aromatic carbocycles. The third-order valence-electron chi connectivity index (χ3n) is 2.34. The van der Waals surface area contributed by atoms with E-state index in [1.54, 1.807) is 18.2 Å². The molecule has 0 aromatic heterocycles. The number of hydrogen-bond acceptors (Lipinski definition) is 4. The highest BCUT2D eigenvalue weighted by atomic mass is 32.2. The van der Waals surface area contributed by atoms with E-state index in [-0.39, 0.29) is 24.2 Å². The minimum atomic E-state index is -0.327. The molecule has 1 aromatic rings. The van der Waals surface area contributed by atoms with Gasteiger partial charge in [0.05, 0.1) is 6.54 Å². The molecule has 2 N–H and O–H groups in total. The van der Waals surface area contributed by atoms with Crippen LogP contribution in [0.2, 0.25) is 0 Å². The molecule has 2 rings (SSSR count). The van der Waals surface area contributed by atoms with E-state index in [0.717, 1.165) is 4.90 Å². The van der Waals surface area contributed by atoms with Crippen molar-refractivity contribution >= 4 is 23.7 Å². The number of aromatic hydroxyl groups is 1. The largest absolute Gasteiger partial charge is 0.508 e. The minimum Gasteiger partial charge on any atom is -0.508 e. The highest BCUT2D eigenvalue weighted by Gasteiger charge is 2.27. The van der Waals surface area contributed by atoms with Gasteiger partial charge in [0.25, 0.3) is 0 Å². The summed E-state index contributed by atoms with van der Waals surface area (Å²) < 4.78 is 0. The average molecular weight is 252 g/mol. The maximum absolute atomic E-state index is 11.3. The quantitative estimate of drug-likeness (QED) is 0.620. The minimum absolute atomic E-state index is 0.0929. The zero-order chi connectivity index (χ0) is 12.3. The Morgan fingerprint density at radius 1 is 1.41 bits per heavy atom. The van der Waals surface area contributed by atoms with Crippen LogP contribution in [0.4, 0.5) is 4.79 Å². The van der Waals surface area contributed by atoms with Crippen LogP contribution in [-0.4, -0.2) is 40.8 Å². The molecule has 1 saturated heterocycles. The molecule has 0 bridgehead atoms. The van der Waals surface area contributed by atoms with Crippen molar-refractivity contribution in [2.45, 2.75) is 4.90 Å². The van der Waals surface area contributed by atoms with Gasteiger partial charge in [0.1, 0.15) is 5.75 Å². The predicted octanol–water partition coefficient (Wildman–Crippen LogP) is 1.04. The molecule has 0 saturated carbocycles. The monoisotopic (exact) mass is 252 g/mol. The van der Waals surface area contributed by atoms with Crippen molar-refractivity contribution in [3.63, 3.8) is 0 Å². The molecular weight excluding hydrogens is 240 g/mol. The van der Waals surface area contributed by atoms with Crippen LogP contribution in [0.1, 0.15) is 0 Å². The third kappa shape index (κ3) is 2.91. The van der Waals surface area contributed by atoms with Crippen molar-refractivity contribution in [3.8, 4) is 5.75 Å². The maximum atomic E-state index is 11.3. The van der Waals surface area contributed by atoms with E-state index >= 15 is 0 Å². The highest BCUT2D eigenvalue weighted by molar-refractivity contribution is 7.99. The fourth-order valence-corrected chi connectivity index (χ4v) is 2.40. The maximum Gasteiger partial charge on any atom is 0.324 e. The van der Waals surface area contributed by atoms with Gasteiger partial charge in [-0.05, 0) is 18.2 Å². The van der Waals surface area contributed by atoms with Crippen molar-refractivity contribution in [1.82, 2.24) is 10.2 Å². The second-order valence-corrected chi connectivity index (χ2v) is 4.72. The van der Waals surface area contributed by atoms with E-state index < -0.39 is 0 Å². The molecule has 0 radical (unpaired) electrons. The number of nitrogens with zero attached hydrogens (tertiary/aromatic N) is 1. The number of imide groups is 1. The summed E-state index contributed by atoms with van der Waals surface area (Å²) in [6, 6.07) is 6.55. The molecule has 90 valence electrons. The number of thioether (sulfide) groups is 1. The number of amides is 3. The standard InChI is InChI=1S/C11H12N2O3S/c14-8-2-1-3-9(6-8)17-5-4-13-10(15)7-12-11(13)16/h1-3,6,14H,4-5,7H2,(H,12,16). The summed E-state index contributed by atoms with van der Waals surface area (Å²) in [5, 5.41) is 11.7. The number of carbonyl (C=O) groups is 2. The summed E-state index contributed by atoms with van der Waals surface area (Å²) in [7, 11) is 0. The Balaban J connectivity index is 1.83. The molecule has 1 aliphatic heterocycles. The Morgan fingerprint density at radius 3 is 2.88 bits per heavy atom. The third-order valence-corrected chi connectivity index (χ3v) is 3.31. The number of nitrogens with one attached hydrogen (secondary N) is 1. The molecule has 17 heavy (non-hydrogen) atoms. The molecule has 0 unspecified atom stereocenters. The number of benzene rings is 1. The average Bonchev–Trinajstić information content (AvgIpc) is 2.61.